The van der Waals surface area contributed by atoms with Crippen LogP contribution in [0, 0.1) is 0 Å². The molecule has 1 amide bonds. The van der Waals surface area contributed by atoms with Crippen LogP contribution in [0.15, 0.2) is 46.3 Å². The molecule has 0 saturated carbocycles. The molecular weight excluding hydrogens is 374 g/mol. The monoisotopic (exact) mass is 397 g/mol. The zero-order chi connectivity index (χ0) is 19.5. The smallest absolute Gasteiger partial charge is 0.262 e. The van der Waals surface area contributed by atoms with Crippen molar-refractivity contribution in [2.75, 3.05) is 18.9 Å². The van der Waals surface area contributed by atoms with Gasteiger partial charge in [-0.15, -0.1) is 0 Å². The predicted octanol–water partition coefficient (Wildman–Crippen LogP) is 2.96. The highest BCUT2D eigenvalue weighted by Crippen LogP contribution is 2.22. The summed E-state index contributed by atoms with van der Waals surface area (Å²) in [6.45, 7) is 3.73. The number of rotatable bonds is 6. The zero-order valence-corrected chi connectivity index (χ0v) is 16.6. The van der Waals surface area contributed by atoms with Crippen LogP contribution in [0.2, 0.25) is 0 Å². The van der Waals surface area contributed by atoms with Gasteiger partial charge < -0.3 is 10.1 Å². The number of benzene rings is 2. The summed E-state index contributed by atoms with van der Waals surface area (Å²) in [6, 6.07) is 11.8. The topological polar surface area (TPSA) is 73.2 Å². The second kappa shape index (κ2) is 8.32. The number of ether oxygens (including phenoxy) is 1. The maximum absolute atomic E-state index is 13.0. The maximum Gasteiger partial charge on any atom is 0.262 e. The highest BCUT2D eigenvalue weighted by molar-refractivity contribution is 7.99. The van der Waals surface area contributed by atoms with E-state index in [1.54, 1.807) is 4.57 Å². The number of aromatic nitrogens is 2. The predicted molar refractivity (Wildman–Crippen MR) is 112 cm³/mol. The molecule has 7 heteroatoms. The molecule has 0 unspecified atom stereocenters. The van der Waals surface area contributed by atoms with E-state index in [0.29, 0.717) is 29.1 Å². The standard InChI is InChI=1S/C21H23N3O3S/c1-2-24-20(26)17-10-14-6-3-4-7-15(14)11-18(17)23-21(24)28-13-19(25)22-12-16-8-5-9-27-16/h3-4,6-7,10-11,16H,2,5,8-9,12-13H2,1H3,(H,22,25)/t16-/m1/s1. The van der Waals surface area contributed by atoms with Crippen molar-refractivity contribution in [1.82, 2.24) is 14.9 Å². The molecule has 2 aromatic carbocycles. The normalized spacial score (nSPS) is 16.7. The summed E-state index contributed by atoms with van der Waals surface area (Å²) in [4.78, 5) is 29.8. The average molecular weight is 398 g/mol. The van der Waals surface area contributed by atoms with E-state index in [2.05, 4.69) is 10.3 Å². The fraction of sp³-hybridized carbons (Fsp3) is 0.381. The quantitative estimate of drug-likeness (QED) is 0.393. The van der Waals surface area contributed by atoms with E-state index in [-0.39, 0.29) is 23.3 Å². The number of hydrogen-bond acceptors (Lipinski definition) is 5. The Kier molecular flexibility index (Phi) is 5.64. The van der Waals surface area contributed by atoms with Gasteiger partial charge in [-0.05, 0) is 42.7 Å². The van der Waals surface area contributed by atoms with Gasteiger partial charge in [-0.1, -0.05) is 36.0 Å². The summed E-state index contributed by atoms with van der Waals surface area (Å²) in [7, 11) is 0. The summed E-state index contributed by atoms with van der Waals surface area (Å²) >= 11 is 1.30. The number of carbonyl (C=O) groups excluding carboxylic acids is 1. The lowest BCUT2D eigenvalue weighted by Crippen LogP contribution is -2.33. The molecule has 4 rings (SSSR count). The first-order valence-corrected chi connectivity index (χ1v) is 10.6. The molecule has 1 saturated heterocycles. The molecule has 1 aromatic heterocycles. The third-order valence-corrected chi connectivity index (χ3v) is 5.96. The van der Waals surface area contributed by atoms with Gasteiger partial charge in [0.1, 0.15) is 0 Å². The fourth-order valence-electron chi connectivity index (χ4n) is 3.49. The molecule has 0 aliphatic carbocycles. The van der Waals surface area contributed by atoms with Crippen LogP contribution in [0.4, 0.5) is 0 Å². The van der Waals surface area contributed by atoms with Crippen molar-refractivity contribution < 1.29 is 9.53 Å². The minimum Gasteiger partial charge on any atom is -0.376 e. The first-order chi connectivity index (χ1) is 13.7. The Morgan fingerprint density at radius 2 is 2.11 bits per heavy atom. The van der Waals surface area contributed by atoms with Crippen molar-refractivity contribution in [1.29, 1.82) is 0 Å². The van der Waals surface area contributed by atoms with Crippen molar-refractivity contribution in [3.05, 3.63) is 46.8 Å². The average Bonchev–Trinajstić information content (AvgIpc) is 3.23. The number of fused-ring (bicyclic) bond motifs is 2. The summed E-state index contributed by atoms with van der Waals surface area (Å²) in [5, 5.41) is 6.15. The van der Waals surface area contributed by atoms with Crippen LogP contribution in [-0.4, -0.2) is 40.5 Å². The van der Waals surface area contributed by atoms with Crippen molar-refractivity contribution in [3.8, 4) is 0 Å². The van der Waals surface area contributed by atoms with Crippen molar-refractivity contribution in [2.45, 2.75) is 37.6 Å². The van der Waals surface area contributed by atoms with Crippen molar-refractivity contribution >= 4 is 39.3 Å². The summed E-state index contributed by atoms with van der Waals surface area (Å²) < 4.78 is 7.16. The molecule has 3 aromatic rings. The molecule has 6 nitrogen and oxygen atoms in total. The lowest BCUT2D eigenvalue weighted by molar-refractivity contribution is -0.119. The summed E-state index contributed by atoms with van der Waals surface area (Å²) in [6.07, 6.45) is 2.16. The number of nitrogens with zero attached hydrogens (tertiary/aromatic N) is 2. The van der Waals surface area contributed by atoms with E-state index >= 15 is 0 Å². The van der Waals surface area contributed by atoms with Crippen LogP contribution < -0.4 is 10.9 Å². The Balaban J connectivity index is 1.56. The largest absolute Gasteiger partial charge is 0.376 e. The molecule has 2 heterocycles. The molecular formula is C21H23N3O3S. The van der Waals surface area contributed by atoms with Gasteiger partial charge in [-0.25, -0.2) is 4.98 Å². The van der Waals surface area contributed by atoms with Crippen LogP contribution in [0.5, 0.6) is 0 Å². The molecule has 146 valence electrons. The van der Waals surface area contributed by atoms with E-state index in [1.165, 1.54) is 11.8 Å². The Morgan fingerprint density at radius 1 is 1.32 bits per heavy atom. The Hall–Kier alpha value is -2.38. The number of amides is 1. The first kappa shape index (κ1) is 19.0. The maximum atomic E-state index is 13.0. The highest BCUT2D eigenvalue weighted by atomic mass is 32.2. The summed E-state index contributed by atoms with van der Waals surface area (Å²) in [5.74, 6) is 0.147. The van der Waals surface area contributed by atoms with Gasteiger partial charge in [0.15, 0.2) is 5.16 Å². The number of hydrogen-bond donors (Lipinski definition) is 1. The third-order valence-electron chi connectivity index (χ3n) is 4.99. The van der Waals surface area contributed by atoms with E-state index in [9.17, 15) is 9.59 Å². The molecule has 1 aliphatic heterocycles. The number of carbonyl (C=O) groups is 1. The van der Waals surface area contributed by atoms with Gasteiger partial charge in [0, 0.05) is 19.7 Å². The number of thioether (sulfide) groups is 1. The molecule has 0 spiro atoms. The second-order valence-corrected chi connectivity index (χ2v) is 7.83. The lowest BCUT2D eigenvalue weighted by atomic mass is 10.1. The van der Waals surface area contributed by atoms with Crippen LogP contribution in [0.25, 0.3) is 21.7 Å². The summed E-state index contributed by atoms with van der Waals surface area (Å²) in [5.41, 5.74) is 0.594. The van der Waals surface area contributed by atoms with Gasteiger partial charge in [0.05, 0.1) is 22.8 Å². The molecule has 1 aliphatic rings. The highest BCUT2D eigenvalue weighted by Gasteiger charge is 2.17. The molecule has 28 heavy (non-hydrogen) atoms. The van der Waals surface area contributed by atoms with Crippen LogP contribution in [0.1, 0.15) is 19.8 Å². The van der Waals surface area contributed by atoms with Crippen molar-refractivity contribution in [3.63, 3.8) is 0 Å². The Bertz CT molecular complexity index is 1070. The number of nitrogens with one attached hydrogen (secondary N) is 1. The minimum absolute atomic E-state index is 0.0690. The lowest BCUT2D eigenvalue weighted by Gasteiger charge is -2.13. The Morgan fingerprint density at radius 3 is 2.82 bits per heavy atom. The van der Waals surface area contributed by atoms with Crippen LogP contribution >= 0.6 is 11.8 Å². The Labute approximate surface area is 167 Å². The third kappa shape index (κ3) is 3.91. The second-order valence-electron chi connectivity index (χ2n) is 6.89. The van der Waals surface area contributed by atoms with Gasteiger partial charge in [0.25, 0.3) is 5.56 Å². The van der Waals surface area contributed by atoms with E-state index < -0.39 is 0 Å². The van der Waals surface area contributed by atoms with Crippen LogP contribution in [0.3, 0.4) is 0 Å². The van der Waals surface area contributed by atoms with E-state index in [1.807, 2.05) is 43.3 Å². The van der Waals surface area contributed by atoms with E-state index in [4.69, 9.17) is 4.74 Å². The molecule has 1 fully saturated rings. The first-order valence-electron chi connectivity index (χ1n) is 9.60. The molecule has 0 radical (unpaired) electrons. The van der Waals surface area contributed by atoms with Crippen LogP contribution in [-0.2, 0) is 16.1 Å². The van der Waals surface area contributed by atoms with Gasteiger partial charge in [-0.3, -0.25) is 14.2 Å². The van der Waals surface area contributed by atoms with Gasteiger partial charge in [0.2, 0.25) is 5.91 Å². The SMILES string of the molecule is CCn1c(SCC(=O)NC[C@H]2CCCO2)nc2cc3ccccc3cc2c1=O. The van der Waals surface area contributed by atoms with Gasteiger partial charge >= 0.3 is 0 Å². The minimum atomic E-state index is -0.0731. The van der Waals surface area contributed by atoms with Crippen molar-refractivity contribution in [2.24, 2.45) is 0 Å². The fourth-order valence-corrected chi connectivity index (χ4v) is 4.38. The van der Waals surface area contributed by atoms with Gasteiger partial charge in [-0.2, -0.15) is 0 Å². The molecule has 1 N–H and O–H groups in total. The zero-order valence-electron chi connectivity index (χ0n) is 15.8. The molecule has 1 atom stereocenters. The van der Waals surface area contributed by atoms with E-state index in [0.717, 1.165) is 30.2 Å². The molecule has 0 bridgehead atoms.